The van der Waals surface area contributed by atoms with Gasteiger partial charge in [0.05, 0.1) is 11.4 Å². The second-order valence-electron chi connectivity index (χ2n) is 6.75. The van der Waals surface area contributed by atoms with E-state index in [4.69, 9.17) is 16.3 Å². The van der Waals surface area contributed by atoms with Crippen molar-refractivity contribution in [1.82, 2.24) is 14.8 Å². The van der Waals surface area contributed by atoms with Gasteiger partial charge in [-0.15, -0.1) is 0 Å². The molecule has 1 N–H and O–H groups in total. The van der Waals surface area contributed by atoms with Crippen LogP contribution in [0.3, 0.4) is 0 Å². The molecule has 7 nitrogen and oxygen atoms in total. The molecule has 1 amide bonds. The summed E-state index contributed by atoms with van der Waals surface area (Å²) in [6.45, 7) is -0.327. The molecular weight excluding hydrogens is 368 g/mol. The monoisotopic (exact) mass is 390 g/mol. The van der Waals surface area contributed by atoms with Crippen molar-refractivity contribution in [2.45, 2.75) is 44.9 Å². The Morgan fingerprint density at radius 2 is 2.07 bits per heavy atom. The van der Waals surface area contributed by atoms with Crippen LogP contribution < -0.4 is 5.32 Å². The Morgan fingerprint density at radius 3 is 2.81 bits per heavy atom. The van der Waals surface area contributed by atoms with E-state index in [2.05, 4.69) is 15.4 Å². The van der Waals surface area contributed by atoms with Crippen molar-refractivity contribution < 1.29 is 14.3 Å². The van der Waals surface area contributed by atoms with Gasteiger partial charge in [0.2, 0.25) is 0 Å². The lowest BCUT2D eigenvalue weighted by Crippen LogP contribution is -2.22. The molecule has 1 aromatic carbocycles. The van der Waals surface area contributed by atoms with E-state index in [0.717, 1.165) is 6.42 Å². The number of rotatable bonds is 7. The minimum absolute atomic E-state index is 0.327. The lowest BCUT2D eigenvalue weighted by atomic mass is 9.86. The third-order valence-corrected chi connectivity index (χ3v) is 4.98. The number of anilines is 1. The molecule has 1 fully saturated rings. The average Bonchev–Trinajstić information content (AvgIpc) is 3.20. The molecule has 1 aliphatic rings. The molecule has 0 unspecified atom stereocenters. The van der Waals surface area contributed by atoms with Crippen LogP contribution in [-0.2, 0) is 14.3 Å². The molecule has 1 saturated carbocycles. The van der Waals surface area contributed by atoms with Gasteiger partial charge in [0.1, 0.15) is 12.7 Å². The highest BCUT2D eigenvalue weighted by molar-refractivity contribution is 6.31. The van der Waals surface area contributed by atoms with Crippen LogP contribution in [0.15, 0.2) is 30.9 Å². The van der Waals surface area contributed by atoms with Gasteiger partial charge in [-0.3, -0.25) is 9.59 Å². The van der Waals surface area contributed by atoms with Gasteiger partial charge in [-0.2, -0.15) is 5.10 Å². The largest absolute Gasteiger partial charge is 0.456 e. The summed E-state index contributed by atoms with van der Waals surface area (Å²) in [7, 11) is 0. The van der Waals surface area contributed by atoms with Crippen LogP contribution in [0, 0.1) is 5.92 Å². The molecule has 3 rings (SSSR count). The van der Waals surface area contributed by atoms with Gasteiger partial charge in [-0.1, -0.05) is 43.7 Å². The number of halogens is 1. The molecule has 8 heteroatoms. The third kappa shape index (κ3) is 5.79. The van der Waals surface area contributed by atoms with Crippen LogP contribution in [0.4, 0.5) is 5.69 Å². The van der Waals surface area contributed by atoms with Crippen LogP contribution in [0.1, 0.15) is 44.9 Å². The predicted octanol–water partition coefficient (Wildman–Crippen LogP) is 3.76. The Balaban J connectivity index is 1.49. The Labute approximate surface area is 163 Å². The van der Waals surface area contributed by atoms with E-state index in [-0.39, 0.29) is 12.6 Å². The number of carbonyl (C=O) groups is 2. The first-order valence-electron chi connectivity index (χ1n) is 9.22. The number of esters is 1. The van der Waals surface area contributed by atoms with Crippen LogP contribution in [0.2, 0.25) is 5.02 Å². The molecule has 0 aliphatic heterocycles. The minimum atomic E-state index is -0.426. The zero-order valence-corrected chi connectivity index (χ0v) is 15.8. The van der Waals surface area contributed by atoms with E-state index in [1.807, 2.05) is 0 Å². The summed E-state index contributed by atoms with van der Waals surface area (Å²) in [5, 5.41) is 7.24. The number of hydrogen-bond donors (Lipinski definition) is 1. The fraction of sp³-hybridized carbons (Fsp3) is 0.474. The molecule has 0 saturated heterocycles. The molecule has 0 radical (unpaired) electrons. The number of nitrogens with one attached hydrogen (secondary N) is 1. The summed E-state index contributed by atoms with van der Waals surface area (Å²) in [6, 6.07) is 5.03. The molecule has 1 aliphatic carbocycles. The van der Waals surface area contributed by atoms with Gasteiger partial charge in [0.25, 0.3) is 5.91 Å². The standard InChI is InChI=1S/C19H23ClN4O3/c20-15-7-8-17(24-13-21-12-22-24)16(10-15)23-18(25)11-27-19(26)9-6-14-4-2-1-3-5-14/h7-8,10,12-14H,1-6,9,11H2,(H,23,25). The number of amides is 1. The maximum Gasteiger partial charge on any atom is 0.306 e. The second kappa shape index (κ2) is 9.50. The van der Waals surface area contributed by atoms with Crippen LogP contribution in [-0.4, -0.2) is 33.2 Å². The summed E-state index contributed by atoms with van der Waals surface area (Å²) in [4.78, 5) is 28.0. The normalized spacial score (nSPS) is 14.7. The molecule has 27 heavy (non-hydrogen) atoms. The first kappa shape index (κ1) is 19.4. The molecule has 0 spiro atoms. The van der Waals surface area contributed by atoms with E-state index >= 15 is 0 Å². The summed E-state index contributed by atoms with van der Waals surface area (Å²) >= 11 is 6.02. The van der Waals surface area contributed by atoms with E-state index in [0.29, 0.717) is 28.7 Å². The highest BCUT2D eigenvalue weighted by Gasteiger charge is 2.16. The minimum Gasteiger partial charge on any atom is -0.456 e. The zero-order valence-electron chi connectivity index (χ0n) is 15.1. The van der Waals surface area contributed by atoms with Crippen molar-refractivity contribution in [3.8, 4) is 5.69 Å². The first-order valence-corrected chi connectivity index (χ1v) is 9.59. The topological polar surface area (TPSA) is 86.1 Å². The van der Waals surface area contributed by atoms with Crippen LogP contribution in [0.5, 0.6) is 0 Å². The molecule has 2 aromatic rings. The van der Waals surface area contributed by atoms with Crippen molar-refractivity contribution >= 4 is 29.2 Å². The van der Waals surface area contributed by atoms with Crippen molar-refractivity contribution in [3.63, 3.8) is 0 Å². The number of aromatic nitrogens is 3. The number of benzene rings is 1. The Hall–Kier alpha value is -2.41. The highest BCUT2D eigenvalue weighted by atomic mass is 35.5. The molecular formula is C19H23ClN4O3. The second-order valence-corrected chi connectivity index (χ2v) is 7.19. The lowest BCUT2D eigenvalue weighted by Gasteiger charge is -2.20. The highest BCUT2D eigenvalue weighted by Crippen LogP contribution is 2.27. The molecule has 0 bridgehead atoms. The molecule has 1 aromatic heterocycles. The smallest absolute Gasteiger partial charge is 0.306 e. The Kier molecular flexibility index (Phi) is 6.81. The van der Waals surface area contributed by atoms with Gasteiger partial charge >= 0.3 is 5.97 Å². The van der Waals surface area contributed by atoms with Gasteiger partial charge in [-0.05, 0) is 30.5 Å². The van der Waals surface area contributed by atoms with E-state index in [1.165, 1.54) is 49.4 Å². The van der Waals surface area contributed by atoms with E-state index < -0.39 is 5.91 Å². The Bertz CT molecular complexity index is 773. The predicted molar refractivity (Wildman–Crippen MR) is 102 cm³/mol. The fourth-order valence-corrected chi connectivity index (χ4v) is 3.52. The fourth-order valence-electron chi connectivity index (χ4n) is 3.34. The van der Waals surface area contributed by atoms with Crippen molar-refractivity contribution in [2.75, 3.05) is 11.9 Å². The molecule has 1 heterocycles. The lowest BCUT2D eigenvalue weighted by molar-refractivity contribution is -0.147. The Morgan fingerprint density at radius 1 is 1.26 bits per heavy atom. The number of carbonyl (C=O) groups excluding carboxylic acids is 2. The number of ether oxygens (including phenoxy) is 1. The van der Waals surface area contributed by atoms with E-state index in [9.17, 15) is 9.59 Å². The van der Waals surface area contributed by atoms with Crippen molar-refractivity contribution in [2.24, 2.45) is 5.92 Å². The van der Waals surface area contributed by atoms with Crippen molar-refractivity contribution in [1.29, 1.82) is 0 Å². The van der Waals surface area contributed by atoms with Gasteiger partial charge in [-0.25, -0.2) is 9.67 Å². The first-order chi connectivity index (χ1) is 13.1. The number of hydrogen-bond acceptors (Lipinski definition) is 5. The SMILES string of the molecule is O=C(COC(=O)CCC1CCCCC1)Nc1cc(Cl)ccc1-n1cncn1. The maximum absolute atomic E-state index is 12.2. The summed E-state index contributed by atoms with van der Waals surface area (Å²) in [5.41, 5.74) is 1.09. The quantitative estimate of drug-likeness (QED) is 0.727. The number of nitrogens with zero attached hydrogens (tertiary/aromatic N) is 3. The van der Waals surface area contributed by atoms with Gasteiger partial charge in [0, 0.05) is 11.4 Å². The average molecular weight is 391 g/mol. The zero-order chi connectivity index (χ0) is 19.1. The third-order valence-electron chi connectivity index (χ3n) is 4.74. The maximum atomic E-state index is 12.2. The van der Waals surface area contributed by atoms with Gasteiger partial charge in [0.15, 0.2) is 6.61 Å². The molecule has 144 valence electrons. The van der Waals surface area contributed by atoms with E-state index in [1.54, 1.807) is 18.2 Å². The van der Waals surface area contributed by atoms with Crippen LogP contribution >= 0.6 is 11.6 Å². The summed E-state index contributed by atoms with van der Waals surface area (Å²) in [5.74, 6) is -0.153. The molecule has 0 atom stereocenters. The van der Waals surface area contributed by atoms with Gasteiger partial charge < -0.3 is 10.1 Å². The van der Waals surface area contributed by atoms with Crippen molar-refractivity contribution in [3.05, 3.63) is 35.9 Å². The summed E-state index contributed by atoms with van der Waals surface area (Å²) < 4.78 is 6.63. The van der Waals surface area contributed by atoms with Crippen LogP contribution in [0.25, 0.3) is 5.69 Å². The summed E-state index contributed by atoms with van der Waals surface area (Å²) in [6.07, 6.45) is 10.3.